The molecule has 0 saturated carbocycles. The molecule has 0 aliphatic rings. The number of halogens is 2. The van der Waals surface area contributed by atoms with Crippen molar-refractivity contribution in [2.45, 2.75) is 13.8 Å². The second kappa shape index (κ2) is 5.12. The summed E-state index contributed by atoms with van der Waals surface area (Å²) in [6.45, 7) is 3.85. The van der Waals surface area contributed by atoms with E-state index in [-0.39, 0.29) is 0 Å². The SMILES string of the molecule is CNc1nc(C)c(C)nc1-c1ccc(Cl)cc1Cl. The molecule has 0 aliphatic carbocycles. The number of aromatic nitrogens is 2. The molecule has 18 heavy (non-hydrogen) atoms. The quantitative estimate of drug-likeness (QED) is 0.900. The van der Waals surface area contributed by atoms with Crippen molar-refractivity contribution in [3.05, 3.63) is 39.6 Å². The summed E-state index contributed by atoms with van der Waals surface area (Å²) in [6, 6.07) is 5.35. The second-order valence-electron chi connectivity index (χ2n) is 3.97. The average molecular weight is 282 g/mol. The van der Waals surface area contributed by atoms with Crippen LogP contribution in [0, 0.1) is 13.8 Å². The monoisotopic (exact) mass is 281 g/mol. The Morgan fingerprint density at radius 2 is 1.72 bits per heavy atom. The summed E-state index contributed by atoms with van der Waals surface area (Å²) in [6.07, 6.45) is 0. The molecule has 3 nitrogen and oxygen atoms in total. The molecule has 0 aliphatic heterocycles. The van der Waals surface area contributed by atoms with Gasteiger partial charge < -0.3 is 5.32 Å². The predicted molar refractivity (Wildman–Crippen MR) is 76.5 cm³/mol. The van der Waals surface area contributed by atoms with E-state index in [0.717, 1.165) is 22.6 Å². The molecule has 0 atom stereocenters. The van der Waals surface area contributed by atoms with Gasteiger partial charge in [-0.15, -0.1) is 0 Å². The Balaban J connectivity index is 2.66. The minimum atomic E-state index is 0.566. The van der Waals surface area contributed by atoms with Crippen LogP contribution in [-0.2, 0) is 0 Å². The van der Waals surface area contributed by atoms with Crippen molar-refractivity contribution in [1.82, 2.24) is 9.97 Å². The minimum absolute atomic E-state index is 0.566. The lowest BCUT2D eigenvalue weighted by Gasteiger charge is -2.11. The Labute approximate surface area is 116 Å². The number of rotatable bonds is 2. The lowest BCUT2D eigenvalue weighted by molar-refractivity contribution is 1.05. The maximum absolute atomic E-state index is 6.21. The van der Waals surface area contributed by atoms with Gasteiger partial charge >= 0.3 is 0 Å². The first-order chi connectivity index (χ1) is 8.52. The van der Waals surface area contributed by atoms with Gasteiger partial charge in [-0.3, -0.25) is 0 Å². The summed E-state index contributed by atoms with van der Waals surface area (Å²) < 4.78 is 0. The highest BCUT2D eigenvalue weighted by Gasteiger charge is 2.13. The first kappa shape index (κ1) is 13.1. The molecule has 94 valence electrons. The highest BCUT2D eigenvalue weighted by atomic mass is 35.5. The second-order valence-corrected chi connectivity index (χ2v) is 4.81. The standard InChI is InChI=1S/C13H13Cl2N3/c1-7-8(2)18-13(16-3)12(17-7)10-5-4-9(14)6-11(10)15/h4-6H,1-3H3,(H,16,18). The Morgan fingerprint density at radius 3 is 2.33 bits per heavy atom. The van der Waals surface area contributed by atoms with Gasteiger partial charge in [0.1, 0.15) is 5.69 Å². The average Bonchev–Trinajstić information content (AvgIpc) is 2.32. The van der Waals surface area contributed by atoms with Crippen LogP contribution in [0.15, 0.2) is 18.2 Å². The van der Waals surface area contributed by atoms with E-state index in [0.29, 0.717) is 15.9 Å². The van der Waals surface area contributed by atoms with Crippen molar-refractivity contribution >= 4 is 29.0 Å². The fraction of sp³-hybridized carbons (Fsp3) is 0.231. The first-order valence-corrected chi connectivity index (χ1v) is 6.27. The molecule has 2 rings (SSSR count). The zero-order valence-corrected chi connectivity index (χ0v) is 11.9. The largest absolute Gasteiger partial charge is 0.371 e. The van der Waals surface area contributed by atoms with Gasteiger partial charge in [0, 0.05) is 17.6 Å². The molecule has 0 saturated heterocycles. The van der Waals surface area contributed by atoms with Crippen molar-refractivity contribution in [2.24, 2.45) is 0 Å². The molecule has 0 fully saturated rings. The van der Waals surface area contributed by atoms with Gasteiger partial charge in [0.05, 0.1) is 16.4 Å². The van der Waals surface area contributed by atoms with Gasteiger partial charge in [0.2, 0.25) is 0 Å². The summed E-state index contributed by atoms with van der Waals surface area (Å²) in [4.78, 5) is 9.02. The third-order valence-corrected chi connectivity index (χ3v) is 3.28. The van der Waals surface area contributed by atoms with E-state index < -0.39 is 0 Å². The van der Waals surface area contributed by atoms with Crippen LogP contribution in [0.25, 0.3) is 11.3 Å². The molecular weight excluding hydrogens is 269 g/mol. The van der Waals surface area contributed by atoms with Crippen molar-refractivity contribution in [3.8, 4) is 11.3 Å². The van der Waals surface area contributed by atoms with Crippen molar-refractivity contribution in [3.63, 3.8) is 0 Å². The van der Waals surface area contributed by atoms with Gasteiger partial charge in [0.15, 0.2) is 5.82 Å². The Hall–Kier alpha value is -1.32. The molecule has 0 amide bonds. The van der Waals surface area contributed by atoms with Crippen LogP contribution in [0.2, 0.25) is 10.0 Å². The van der Waals surface area contributed by atoms with E-state index in [9.17, 15) is 0 Å². The molecule has 5 heteroatoms. The normalized spacial score (nSPS) is 10.5. The molecule has 1 aromatic carbocycles. The lowest BCUT2D eigenvalue weighted by Crippen LogP contribution is -2.03. The molecule has 0 radical (unpaired) electrons. The fourth-order valence-corrected chi connectivity index (χ4v) is 2.14. The molecule has 0 bridgehead atoms. The van der Waals surface area contributed by atoms with Crippen molar-refractivity contribution in [1.29, 1.82) is 0 Å². The first-order valence-electron chi connectivity index (χ1n) is 5.51. The Morgan fingerprint density at radius 1 is 1.06 bits per heavy atom. The van der Waals surface area contributed by atoms with Crippen LogP contribution in [-0.4, -0.2) is 17.0 Å². The smallest absolute Gasteiger partial charge is 0.152 e. The van der Waals surface area contributed by atoms with Gasteiger partial charge in [-0.25, -0.2) is 9.97 Å². The zero-order valence-electron chi connectivity index (χ0n) is 10.4. The van der Waals surface area contributed by atoms with Gasteiger partial charge in [-0.2, -0.15) is 0 Å². The third-order valence-electron chi connectivity index (χ3n) is 2.73. The van der Waals surface area contributed by atoms with E-state index >= 15 is 0 Å². The highest BCUT2D eigenvalue weighted by molar-refractivity contribution is 6.36. The minimum Gasteiger partial charge on any atom is -0.371 e. The van der Waals surface area contributed by atoms with Gasteiger partial charge in [-0.1, -0.05) is 23.2 Å². The Kier molecular flexibility index (Phi) is 3.73. The predicted octanol–water partition coefficient (Wildman–Crippen LogP) is 4.11. The molecule has 0 unspecified atom stereocenters. The van der Waals surface area contributed by atoms with Crippen LogP contribution < -0.4 is 5.32 Å². The van der Waals surface area contributed by atoms with Crippen LogP contribution in [0.1, 0.15) is 11.4 Å². The summed E-state index contributed by atoms with van der Waals surface area (Å²) in [7, 11) is 1.81. The lowest BCUT2D eigenvalue weighted by atomic mass is 10.1. The maximum Gasteiger partial charge on any atom is 0.152 e. The van der Waals surface area contributed by atoms with E-state index in [1.54, 1.807) is 12.1 Å². The number of nitrogens with one attached hydrogen (secondary N) is 1. The van der Waals surface area contributed by atoms with E-state index in [2.05, 4.69) is 15.3 Å². The maximum atomic E-state index is 6.21. The van der Waals surface area contributed by atoms with Crippen molar-refractivity contribution < 1.29 is 0 Å². The van der Waals surface area contributed by atoms with E-state index in [4.69, 9.17) is 23.2 Å². The topological polar surface area (TPSA) is 37.8 Å². The molecular formula is C13H13Cl2N3. The van der Waals surface area contributed by atoms with Crippen LogP contribution in [0.4, 0.5) is 5.82 Å². The number of hydrogen-bond donors (Lipinski definition) is 1. The Bertz CT molecular complexity index is 597. The van der Waals surface area contributed by atoms with E-state index in [1.165, 1.54) is 0 Å². The number of anilines is 1. The molecule has 2 aromatic rings. The highest BCUT2D eigenvalue weighted by Crippen LogP contribution is 2.33. The van der Waals surface area contributed by atoms with E-state index in [1.807, 2.05) is 27.0 Å². The summed E-state index contributed by atoms with van der Waals surface area (Å²) in [5, 5.41) is 4.21. The zero-order chi connectivity index (χ0) is 13.3. The third kappa shape index (κ3) is 2.42. The summed E-state index contributed by atoms with van der Waals surface area (Å²) in [5.41, 5.74) is 3.34. The summed E-state index contributed by atoms with van der Waals surface area (Å²) in [5.74, 6) is 0.710. The van der Waals surface area contributed by atoms with Gasteiger partial charge in [0.25, 0.3) is 0 Å². The summed E-state index contributed by atoms with van der Waals surface area (Å²) >= 11 is 12.1. The van der Waals surface area contributed by atoms with Crippen LogP contribution in [0.3, 0.4) is 0 Å². The van der Waals surface area contributed by atoms with Crippen molar-refractivity contribution in [2.75, 3.05) is 12.4 Å². The molecule has 0 spiro atoms. The number of nitrogens with zero attached hydrogens (tertiary/aromatic N) is 2. The molecule has 1 N–H and O–H groups in total. The fourth-order valence-electron chi connectivity index (χ4n) is 1.65. The number of benzene rings is 1. The molecule has 1 heterocycles. The number of aryl methyl sites for hydroxylation is 2. The number of hydrogen-bond acceptors (Lipinski definition) is 3. The van der Waals surface area contributed by atoms with Gasteiger partial charge in [-0.05, 0) is 32.0 Å². The molecule has 1 aromatic heterocycles. The van der Waals surface area contributed by atoms with Crippen LogP contribution in [0.5, 0.6) is 0 Å². The van der Waals surface area contributed by atoms with Crippen LogP contribution >= 0.6 is 23.2 Å².